The van der Waals surface area contributed by atoms with Gasteiger partial charge in [-0.2, -0.15) is 0 Å². The van der Waals surface area contributed by atoms with Crippen molar-refractivity contribution in [2.75, 3.05) is 24.2 Å². The van der Waals surface area contributed by atoms with Gasteiger partial charge in [0.15, 0.2) is 12.0 Å². The van der Waals surface area contributed by atoms with Crippen LogP contribution in [-0.2, 0) is 0 Å². The van der Waals surface area contributed by atoms with Crippen LogP contribution >= 0.6 is 11.6 Å². The predicted molar refractivity (Wildman–Crippen MR) is 131 cm³/mol. The van der Waals surface area contributed by atoms with Crippen LogP contribution in [0.3, 0.4) is 0 Å². The second-order valence-electron chi connectivity index (χ2n) is 8.29. The fourth-order valence-corrected chi connectivity index (χ4v) is 2.73. The summed E-state index contributed by atoms with van der Waals surface area (Å²) in [4.78, 5) is 41.5. The zero-order valence-corrected chi connectivity index (χ0v) is 19.8. The molecule has 0 unspecified atom stereocenters. The maximum Gasteiger partial charge on any atom is 0.276 e. The van der Waals surface area contributed by atoms with Gasteiger partial charge in [0.05, 0.1) is 11.3 Å². The molecular weight excluding hydrogens is 442 g/mol. The highest BCUT2D eigenvalue weighted by Gasteiger charge is 2.21. The van der Waals surface area contributed by atoms with Crippen molar-refractivity contribution in [3.63, 3.8) is 0 Å². The van der Waals surface area contributed by atoms with Crippen LogP contribution in [0, 0.1) is 5.41 Å². The number of carbonyl (C=O) groups excluding carboxylic acids is 3. The van der Waals surface area contributed by atoms with Crippen molar-refractivity contribution in [2.24, 2.45) is 5.41 Å². The highest BCUT2D eigenvalue weighted by Crippen LogP contribution is 2.15. The van der Waals surface area contributed by atoms with E-state index in [1.54, 1.807) is 36.4 Å². The molecule has 2 aromatic carbocycles. The van der Waals surface area contributed by atoms with E-state index >= 15 is 0 Å². The van der Waals surface area contributed by atoms with Crippen LogP contribution in [0.15, 0.2) is 54.9 Å². The molecule has 0 fully saturated rings. The minimum absolute atomic E-state index is 0.0484. The van der Waals surface area contributed by atoms with Gasteiger partial charge in [-0.1, -0.05) is 50.6 Å². The number of hydrogen-bond donors (Lipinski definition) is 4. The number of benzene rings is 2. The Morgan fingerprint density at radius 1 is 1.03 bits per heavy atom. The van der Waals surface area contributed by atoms with E-state index in [1.807, 2.05) is 40.0 Å². The van der Waals surface area contributed by atoms with Crippen LogP contribution in [0.5, 0.6) is 0 Å². The number of hydrogen-bond acceptors (Lipinski definition) is 5. The Balaban J connectivity index is 0.000000357. The van der Waals surface area contributed by atoms with Crippen LogP contribution in [0.4, 0.5) is 11.4 Å². The molecular formula is C24H28ClN5O3. The second kappa shape index (κ2) is 11.8. The molecule has 3 aromatic rings. The number of carbonyl (C=O) groups is 3. The Labute approximate surface area is 198 Å². The van der Waals surface area contributed by atoms with E-state index in [0.29, 0.717) is 22.8 Å². The Bertz CT molecular complexity index is 1090. The number of aldehydes is 1. The van der Waals surface area contributed by atoms with Gasteiger partial charge in [-0.3, -0.25) is 14.4 Å². The fourth-order valence-electron chi connectivity index (χ4n) is 2.55. The van der Waals surface area contributed by atoms with E-state index in [0.717, 1.165) is 12.0 Å². The smallest absolute Gasteiger partial charge is 0.276 e. The molecule has 0 spiro atoms. The lowest BCUT2D eigenvalue weighted by Crippen LogP contribution is -2.33. The van der Waals surface area contributed by atoms with Gasteiger partial charge >= 0.3 is 0 Å². The molecule has 0 aliphatic rings. The first-order valence-corrected chi connectivity index (χ1v) is 10.6. The minimum atomic E-state index is -0.436. The number of imidazole rings is 1. The summed E-state index contributed by atoms with van der Waals surface area (Å²) in [5.74, 6) is -0.785. The van der Waals surface area contributed by atoms with Gasteiger partial charge in [0, 0.05) is 30.5 Å². The number of aromatic amines is 1. The molecule has 174 valence electrons. The van der Waals surface area contributed by atoms with Gasteiger partial charge in [0.2, 0.25) is 0 Å². The van der Waals surface area contributed by atoms with E-state index in [2.05, 4.69) is 25.9 Å². The Morgan fingerprint density at radius 3 is 2.21 bits per heavy atom. The molecule has 9 heteroatoms. The number of halogens is 1. The third kappa shape index (κ3) is 8.08. The molecule has 0 saturated heterocycles. The maximum atomic E-state index is 12.4. The minimum Gasteiger partial charge on any atom is -0.388 e. The molecule has 0 atom stereocenters. The predicted octanol–water partition coefficient (Wildman–Crippen LogP) is 4.63. The number of anilines is 2. The van der Waals surface area contributed by atoms with Crippen molar-refractivity contribution in [1.29, 1.82) is 0 Å². The van der Waals surface area contributed by atoms with E-state index in [9.17, 15) is 14.4 Å². The zero-order valence-electron chi connectivity index (χ0n) is 19.0. The van der Waals surface area contributed by atoms with Gasteiger partial charge < -0.3 is 20.9 Å². The van der Waals surface area contributed by atoms with Crippen LogP contribution in [-0.4, -0.2) is 41.7 Å². The van der Waals surface area contributed by atoms with Crippen molar-refractivity contribution in [1.82, 2.24) is 15.3 Å². The van der Waals surface area contributed by atoms with E-state index in [-0.39, 0.29) is 22.7 Å². The summed E-state index contributed by atoms with van der Waals surface area (Å²) in [5.41, 5.74) is 2.28. The van der Waals surface area contributed by atoms with E-state index in [4.69, 9.17) is 11.6 Å². The van der Waals surface area contributed by atoms with Crippen molar-refractivity contribution in [2.45, 2.75) is 20.8 Å². The third-order valence-electron chi connectivity index (χ3n) is 4.32. The van der Waals surface area contributed by atoms with Crippen LogP contribution in [0.2, 0.25) is 5.02 Å². The van der Waals surface area contributed by atoms with Crippen molar-refractivity contribution < 1.29 is 14.4 Å². The molecule has 0 bridgehead atoms. The summed E-state index contributed by atoms with van der Waals surface area (Å²) in [7, 11) is 1.82. The molecule has 2 amide bonds. The first kappa shape index (κ1) is 25.6. The number of H-pyrrole nitrogens is 1. The summed E-state index contributed by atoms with van der Waals surface area (Å²) in [5, 5.41) is 9.04. The number of amides is 2. The van der Waals surface area contributed by atoms with Gasteiger partial charge in [0.25, 0.3) is 11.8 Å². The van der Waals surface area contributed by atoms with Crippen LogP contribution in [0.25, 0.3) is 0 Å². The number of nitrogens with one attached hydrogen (secondary N) is 4. The zero-order chi connectivity index (χ0) is 24.4. The van der Waals surface area contributed by atoms with Crippen molar-refractivity contribution >= 4 is 41.1 Å². The third-order valence-corrected chi connectivity index (χ3v) is 4.67. The quantitative estimate of drug-likeness (QED) is 0.393. The highest BCUT2D eigenvalue weighted by molar-refractivity contribution is 6.32. The van der Waals surface area contributed by atoms with Crippen LogP contribution in [0.1, 0.15) is 52.1 Å². The normalized spacial score (nSPS) is 10.5. The molecule has 0 radical (unpaired) electrons. The molecule has 3 rings (SSSR count). The standard InChI is InChI=1S/C17H23N5O2.C7H5ClO/c1-17(2,3)9-19-15(23)13-14(21-10-20-13)16(24)22-12-7-5-11(18-4)6-8-12;8-7-4-2-1-3-6(7)5-9/h5-8,10,18H,9H2,1-4H3,(H,19,23)(H,20,21)(H,22,24);1-5H. The fraction of sp³-hybridized carbons (Fsp3) is 0.250. The topological polar surface area (TPSA) is 116 Å². The number of rotatable bonds is 6. The summed E-state index contributed by atoms with van der Waals surface area (Å²) in [6.07, 6.45) is 2.08. The summed E-state index contributed by atoms with van der Waals surface area (Å²) in [6, 6.07) is 14.2. The molecule has 0 aliphatic heterocycles. The molecule has 4 N–H and O–H groups in total. The lowest BCUT2D eigenvalue weighted by atomic mass is 9.97. The summed E-state index contributed by atoms with van der Waals surface area (Å²) in [6.45, 7) is 6.55. The van der Waals surface area contributed by atoms with E-state index in [1.165, 1.54) is 6.33 Å². The Morgan fingerprint density at radius 2 is 1.67 bits per heavy atom. The van der Waals surface area contributed by atoms with Gasteiger partial charge in [-0.05, 0) is 35.7 Å². The molecule has 33 heavy (non-hydrogen) atoms. The average Bonchev–Trinajstić information content (AvgIpc) is 3.28. The molecule has 1 heterocycles. The highest BCUT2D eigenvalue weighted by atomic mass is 35.5. The number of aromatic nitrogens is 2. The Kier molecular flexibility index (Phi) is 9.18. The molecule has 1 aromatic heterocycles. The van der Waals surface area contributed by atoms with Gasteiger partial charge in [-0.15, -0.1) is 0 Å². The first-order valence-electron chi connectivity index (χ1n) is 10.2. The lowest BCUT2D eigenvalue weighted by molar-refractivity contribution is 0.0923. The van der Waals surface area contributed by atoms with Gasteiger partial charge in [-0.25, -0.2) is 4.98 Å². The Hall–Kier alpha value is -3.65. The summed E-state index contributed by atoms with van der Waals surface area (Å²) < 4.78 is 0. The average molecular weight is 470 g/mol. The van der Waals surface area contributed by atoms with Gasteiger partial charge in [0.1, 0.15) is 5.69 Å². The largest absolute Gasteiger partial charge is 0.388 e. The number of nitrogens with zero attached hydrogens (tertiary/aromatic N) is 1. The van der Waals surface area contributed by atoms with Crippen molar-refractivity contribution in [3.8, 4) is 0 Å². The second-order valence-corrected chi connectivity index (χ2v) is 8.70. The molecule has 0 saturated carbocycles. The van der Waals surface area contributed by atoms with Crippen molar-refractivity contribution in [3.05, 3.63) is 76.8 Å². The maximum absolute atomic E-state index is 12.4. The SMILES string of the molecule is CNc1ccc(NC(=O)c2nc[nH]c2C(=O)NCC(C)(C)C)cc1.O=Cc1ccccc1Cl. The van der Waals surface area contributed by atoms with Crippen LogP contribution < -0.4 is 16.0 Å². The first-order chi connectivity index (χ1) is 15.6. The lowest BCUT2D eigenvalue weighted by Gasteiger charge is -2.18. The molecule has 0 aliphatic carbocycles. The molecule has 8 nitrogen and oxygen atoms in total. The summed E-state index contributed by atoms with van der Waals surface area (Å²) >= 11 is 5.59. The monoisotopic (exact) mass is 469 g/mol. The van der Waals surface area contributed by atoms with E-state index < -0.39 is 5.91 Å².